The highest BCUT2D eigenvalue weighted by molar-refractivity contribution is 6.08. The molecule has 0 radical (unpaired) electrons. The van der Waals surface area contributed by atoms with Gasteiger partial charge in [-0.25, -0.2) is 0 Å². The summed E-state index contributed by atoms with van der Waals surface area (Å²) in [5.74, 6) is -0.595. The summed E-state index contributed by atoms with van der Waals surface area (Å²) in [5, 5.41) is 5.83. The van der Waals surface area contributed by atoms with Crippen LogP contribution in [0.1, 0.15) is 24.0 Å². The van der Waals surface area contributed by atoms with E-state index in [2.05, 4.69) is 5.32 Å². The number of esters is 1. The molecule has 3 aromatic carbocycles. The van der Waals surface area contributed by atoms with Crippen molar-refractivity contribution in [3.05, 3.63) is 84.1 Å². The molecule has 0 fully saturated rings. The Bertz CT molecular complexity index is 1180. The molecule has 0 saturated heterocycles. The lowest BCUT2D eigenvalue weighted by molar-refractivity contribution is -0.147. The third-order valence-corrected chi connectivity index (χ3v) is 5.21. The summed E-state index contributed by atoms with van der Waals surface area (Å²) < 4.78 is 10.8. The van der Waals surface area contributed by atoms with Crippen molar-refractivity contribution in [3.8, 4) is 0 Å². The van der Waals surface area contributed by atoms with Crippen LogP contribution >= 0.6 is 0 Å². The topological polar surface area (TPSA) is 68.5 Å². The Labute approximate surface area is 174 Å². The van der Waals surface area contributed by atoms with E-state index >= 15 is 0 Å². The first-order valence-corrected chi connectivity index (χ1v) is 9.97. The first kappa shape index (κ1) is 19.7. The zero-order chi connectivity index (χ0) is 20.9. The molecule has 152 valence electrons. The van der Waals surface area contributed by atoms with Gasteiger partial charge >= 0.3 is 5.97 Å². The lowest BCUT2D eigenvalue weighted by Gasteiger charge is -2.13. The number of fused-ring (bicyclic) bond motifs is 3. The molecule has 0 aliphatic rings. The fourth-order valence-corrected chi connectivity index (χ4v) is 3.57. The molecule has 0 unspecified atom stereocenters. The SMILES string of the molecule is C[C@H](CNC(=O)COC(=O)Cc1coc2ccc3ccccc3c12)c1ccccc1. The number of nitrogens with one attached hydrogen (secondary N) is 1. The van der Waals surface area contributed by atoms with E-state index in [0.717, 1.165) is 32.9 Å². The van der Waals surface area contributed by atoms with Crippen molar-refractivity contribution >= 4 is 33.6 Å². The lowest BCUT2D eigenvalue weighted by atomic mass is 10.0. The molecule has 0 spiro atoms. The van der Waals surface area contributed by atoms with Gasteiger partial charge < -0.3 is 14.5 Å². The average molecular weight is 401 g/mol. The van der Waals surface area contributed by atoms with Crippen LogP contribution in [0.4, 0.5) is 0 Å². The van der Waals surface area contributed by atoms with E-state index in [4.69, 9.17) is 9.15 Å². The third kappa shape index (κ3) is 4.35. The number of benzene rings is 3. The van der Waals surface area contributed by atoms with Crippen molar-refractivity contribution < 1.29 is 18.7 Å². The van der Waals surface area contributed by atoms with Gasteiger partial charge in [0.1, 0.15) is 5.58 Å². The van der Waals surface area contributed by atoms with Crippen molar-refractivity contribution in [2.24, 2.45) is 0 Å². The molecule has 5 heteroatoms. The van der Waals surface area contributed by atoms with Gasteiger partial charge in [0.2, 0.25) is 0 Å². The van der Waals surface area contributed by atoms with E-state index in [0.29, 0.717) is 6.54 Å². The van der Waals surface area contributed by atoms with Crippen molar-refractivity contribution in [2.75, 3.05) is 13.2 Å². The molecule has 5 nitrogen and oxygen atoms in total. The zero-order valence-corrected chi connectivity index (χ0v) is 16.8. The quantitative estimate of drug-likeness (QED) is 0.460. The largest absolute Gasteiger partial charge is 0.464 e. The molecule has 4 aromatic rings. The van der Waals surface area contributed by atoms with Crippen LogP contribution in [0.25, 0.3) is 21.7 Å². The summed E-state index contributed by atoms with van der Waals surface area (Å²) >= 11 is 0. The second kappa shape index (κ2) is 8.82. The highest BCUT2D eigenvalue weighted by atomic mass is 16.5. The van der Waals surface area contributed by atoms with E-state index in [1.54, 1.807) is 6.26 Å². The van der Waals surface area contributed by atoms with Gasteiger partial charge in [-0.05, 0) is 28.3 Å². The molecule has 0 saturated carbocycles. The second-order valence-electron chi connectivity index (χ2n) is 7.37. The van der Waals surface area contributed by atoms with Crippen LogP contribution in [0, 0.1) is 0 Å². The van der Waals surface area contributed by atoms with Crippen molar-refractivity contribution in [1.82, 2.24) is 5.32 Å². The maximum atomic E-state index is 12.3. The van der Waals surface area contributed by atoms with Crippen LogP contribution in [0.2, 0.25) is 0 Å². The molecule has 0 aliphatic heterocycles. The highest BCUT2D eigenvalue weighted by Crippen LogP contribution is 2.30. The Kier molecular flexibility index (Phi) is 5.80. The van der Waals surface area contributed by atoms with Gasteiger partial charge in [-0.3, -0.25) is 9.59 Å². The summed E-state index contributed by atoms with van der Waals surface area (Å²) in [4.78, 5) is 24.4. The number of rotatable bonds is 7. The number of hydrogen-bond acceptors (Lipinski definition) is 4. The number of furan rings is 1. The van der Waals surface area contributed by atoms with Crippen LogP contribution in [0.3, 0.4) is 0 Å². The van der Waals surface area contributed by atoms with Crippen LogP contribution < -0.4 is 5.32 Å². The maximum absolute atomic E-state index is 12.3. The van der Waals surface area contributed by atoms with E-state index in [1.807, 2.05) is 73.7 Å². The molecule has 0 aliphatic carbocycles. The average Bonchev–Trinajstić information content (AvgIpc) is 3.19. The predicted octanol–water partition coefficient (Wildman–Crippen LogP) is 4.59. The number of amides is 1. The predicted molar refractivity (Wildman–Crippen MR) is 116 cm³/mol. The lowest BCUT2D eigenvalue weighted by Crippen LogP contribution is -2.31. The summed E-state index contributed by atoms with van der Waals surface area (Å²) in [6.07, 6.45) is 1.63. The Balaban J connectivity index is 1.33. The molecule has 1 aromatic heterocycles. The van der Waals surface area contributed by atoms with Crippen LogP contribution in [-0.4, -0.2) is 25.0 Å². The molecule has 1 atom stereocenters. The minimum Gasteiger partial charge on any atom is -0.464 e. The highest BCUT2D eigenvalue weighted by Gasteiger charge is 2.15. The Morgan fingerprint density at radius 3 is 2.60 bits per heavy atom. The van der Waals surface area contributed by atoms with Gasteiger partial charge in [0.15, 0.2) is 6.61 Å². The van der Waals surface area contributed by atoms with Gasteiger partial charge in [0.25, 0.3) is 5.91 Å². The van der Waals surface area contributed by atoms with E-state index in [1.165, 1.54) is 0 Å². The van der Waals surface area contributed by atoms with Gasteiger partial charge in [-0.1, -0.05) is 67.6 Å². The summed E-state index contributed by atoms with van der Waals surface area (Å²) in [5.41, 5.74) is 2.63. The van der Waals surface area contributed by atoms with Gasteiger partial charge in [0.05, 0.1) is 12.7 Å². The van der Waals surface area contributed by atoms with Crippen molar-refractivity contribution in [2.45, 2.75) is 19.3 Å². The van der Waals surface area contributed by atoms with Crippen molar-refractivity contribution in [1.29, 1.82) is 0 Å². The standard InChI is InChI=1S/C25H23NO4/c1-17(18-7-3-2-4-8-18)14-26-23(27)16-30-24(28)13-20-15-29-22-12-11-19-9-5-6-10-21(19)25(20)22/h2-12,15,17H,13-14,16H2,1H3,(H,26,27)/t17-/m1/s1. The van der Waals surface area contributed by atoms with Gasteiger partial charge in [-0.2, -0.15) is 0 Å². The molecule has 0 bridgehead atoms. The van der Waals surface area contributed by atoms with E-state index in [9.17, 15) is 9.59 Å². The summed E-state index contributed by atoms with van der Waals surface area (Å²) in [7, 11) is 0. The van der Waals surface area contributed by atoms with Crippen LogP contribution in [0.15, 0.2) is 77.4 Å². The minimum atomic E-state index is -0.461. The number of carbonyl (C=O) groups excluding carboxylic acids is 2. The first-order chi connectivity index (χ1) is 14.6. The van der Waals surface area contributed by atoms with Gasteiger partial charge in [-0.15, -0.1) is 0 Å². The molecular formula is C25H23NO4. The van der Waals surface area contributed by atoms with E-state index < -0.39 is 5.97 Å². The fourth-order valence-electron chi connectivity index (χ4n) is 3.57. The summed E-state index contributed by atoms with van der Waals surface area (Å²) in [6.45, 7) is 2.23. The normalized spacial score (nSPS) is 12.0. The molecule has 30 heavy (non-hydrogen) atoms. The maximum Gasteiger partial charge on any atom is 0.310 e. The minimum absolute atomic E-state index is 0.0503. The molecule has 1 N–H and O–H groups in total. The zero-order valence-electron chi connectivity index (χ0n) is 16.8. The number of hydrogen-bond donors (Lipinski definition) is 1. The molecule has 1 heterocycles. The van der Waals surface area contributed by atoms with E-state index in [-0.39, 0.29) is 24.9 Å². The van der Waals surface area contributed by atoms with Crippen LogP contribution in [0.5, 0.6) is 0 Å². The fraction of sp³-hybridized carbons (Fsp3) is 0.200. The van der Waals surface area contributed by atoms with Gasteiger partial charge in [0, 0.05) is 17.5 Å². The number of ether oxygens (including phenoxy) is 1. The molecular weight excluding hydrogens is 378 g/mol. The Morgan fingerprint density at radius 1 is 1.00 bits per heavy atom. The van der Waals surface area contributed by atoms with Crippen molar-refractivity contribution in [3.63, 3.8) is 0 Å². The second-order valence-corrected chi connectivity index (χ2v) is 7.37. The Morgan fingerprint density at radius 2 is 1.77 bits per heavy atom. The van der Waals surface area contributed by atoms with Crippen LogP contribution in [-0.2, 0) is 20.7 Å². The Hall–Kier alpha value is -3.60. The number of carbonyl (C=O) groups is 2. The smallest absolute Gasteiger partial charge is 0.310 e. The molecule has 1 amide bonds. The monoisotopic (exact) mass is 401 g/mol. The third-order valence-electron chi connectivity index (χ3n) is 5.21. The first-order valence-electron chi connectivity index (χ1n) is 9.97. The summed E-state index contributed by atoms with van der Waals surface area (Å²) in [6, 6.07) is 21.8. The molecule has 4 rings (SSSR count).